The van der Waals surface area contributed by atoms with Crippen molar-refractivity contribution in [3.05, 3.63) is 23.8 Å². The highest BCUT2D eigenvalue weighted by Gasteiger charge is 2.38. The summed E-state index contributed by atoms with van der Waals surface area (Å²) in [6.07, 6.45) is 3.27. The standard InChI is InChI=1S/C14H18N2O3/c17-12-5-1-3-9(13(12)18)14(19)15-10-6-8-16-7-2-4-11(10)16/h1,3,5,10-11,17-18H,2,4,6-8H2,(H,15,19). The van der Waals surface area contributed by atoms with Gasteiger partial charge < -0.3 is 15.5 Å². The third-order valence-electron chi connectivity index (χ3n) is 4.18. The smallest absolute Gasteiger partial charge is 0.255 e. The third-order valence-corrected chi connectivity index (χ3v) is 4.18. The Morgan fingerprint density at radius 3 is 2.95 bits per heavy atom. The van der Waals surface area contributed by atoms with E-state index in [4.69, 9.17) is 0 Å². The summed E-state index contributed by atoms with van der Waals surface area (Å²) in [6, 6.07) is 5.02. The Kier molecular flexibility index (Phi) is 3.06. The molecule has 2 atom stereocenters. The lowest BCUT2D eigenvalue weighted by atomic mass is 10.1. The predicted molar refractivity (Wildman–Crippen MR) is 70.2 cm³/mol. The fourth-order valence-electron chi connectivity index (χ4n) is 3.21. The van der Waals surface area contributed by atoms with Crippen LogP contribution in [0.2, 0.25) is 0 Å². The molecular formula is C14H18N2O3. The van der Waals surface area contributed by atoms with Crippen LogP contribution in [0.15, 0.2) is 18.2 Å². The Balaban J connectivity index is 1.73. The van der Waals surface area contributed by atoms with Crippen LogP contribution < -0.4 is 5.32 Å². The molecule has 1 aromatic carbocycles. The summed E-state index contributed by atoms with van der Waals surface area (Å²) in [5.74, 6) is -0.921. The fourth-order valence-corrected chi connectivity index (χ4v) is 3.21. The van der Waals surface area contributed by atoms with Gasteiger partial charge >= 0.3 is 0 Å². The summed E-state index contributed by atoms with van der Waals surface area (Å²) in [4.78, 5) is 14.6. The van der Waals surface area contributed by atoms with Crippen molar-refractivity contribution in [2.75, 3.05) is 13.1 Å². The summed E-state index contributed by atoms with van der Waals surface area (Å²) in [5.41, 5.74) is 0.136. The summed E-state index contributed by atoms with van der Waals surface area (Å²) in [5, 5.41) is 22.1. The molecule has 2 saturated heterocycles. The number of hydrogen-bond acceptors (Lipinski definition) is 4. The second kappa shape index (κ2) is 4.74. The predicted octanol–water partition coefficient (Wildman–Crippen LogP) is 1.06. The van der Waals surface area contributed by atoms with Gasteiger partial charge in [-0.15, -0.1) is 0 Å². The van der Waals surface area contributed by atoms with Gasteiger partial charge in [-0.05, 0) is 37.9 Å². The quantitative estimate of drug-likeness (QED) is 0.697. The van der Waals surface area contributed by atoms with Gasteiger partial charge in [-0.2, -0.15) is 0 Å². The molecule has 3 rings (SSSR count). The monoisotopic (exact) mass is 262 g/mol. The van der Waals surface area contributed by atoms with Crippen molar-refractivity contribution in [2.45, 2.75) is 31.3 Å². The van der Waals surface area contributed by atoms with Gasteiger partial charge in [0.25, 0.3) is 5.91 Å². The first-order chi connectivity index (χ1) is 9.16. The summed E-state index contributed by atoms with van der Waals surface area (Å²) in [7, 11) is 0. The minimum atomic E-state index is -0.346. The maximum Gasteiger partial charge on any atom is 0.255 e. The number of aromatic hydroxyl groups is 2. The van der Waals surface area contributed by atoms with E-state index in [1.807, 2.05) is 0 Å². The fraction of sp³-hybridized carbons (Fsp3) is 0.500. The molecule has 19 heavy (non-hydrogen) atoms. The van der Waals surface area contributed by atoms with Gasteiger partial charge in [-0.3, -0.25) is 9.69 Å². The maximum absolute atomic E-state index is 12.2. The van der Waals surface area contributed by atoms with Crippen LogP contribution in [0.5, 0.6) is 11.5 Å². The number of carbonyl (C=O) groups excluding carboxylic acids is 1. The topological polar surface area (TPSA) is 72.8 Å². The first kappa shape index (κ1) is 12.3. The lowest BCUT2D eigenvalue weighted by Crippen LogP contribution is -2.42. The molecule has 102 valence electrons. The van der Waals surface area contributed by atoms with Crippen molar-refractivity contribution in [3.8, 4) is 11.5 Å². The van der Waals surface area contributed by atoms with Crippen molar-refractivity contribution >= 4 is 5.91 Å². The van der Waals surface area contributed by atoms with Crippen LogP contribution in [-0.2, 0) is 0 Å². The van der Waals surface area contributed by atoms with Crippen LogP contribution in [-0.4, -0.2) is 46.2 Å². The second-order valence-corrected chi connectivity index (χ2v) is 5.29. The van der Waals surface area contributed by atoms with Gasteiger partial charge in [0.1, 0.15) is 0 Å². The largest absolute Gasteiger partial charge is 0.504 e. The number of benzene rings is 1. The van der Waals surface area contributed by atoms with E-state index in [1.165, 1.54) is 18.6 Å². The number of nitrogens with zero attached hydrogens (tertiary/aromatic N) is 1. The number of carbonyl (C=O) groups is 1. The number of amides is 1. The molecule has 5 nitrogen and oxygen atoms in total. The van der Waals surface area contributed by atoms with E-state index < -0.39 is 0 Å². The van der Waals surface area contributed by atoms with E-state index in [-0.39, 0.29) is 29.0 Å². The first-order valence-corrected chi connectivity index (χ1v) is 6.72. The number of para-hydroxylation sites is 1. The molecule has 0 saturated carbocycles. The van der Waals surface area contributed by atoms with E-state index in [1.54, 1.807) is 6.07 Å². The Hall–Kier alpha value is -1.75. The average Bonchev–Trinajstić information content (AvgIpc) is 2.97. The van der Waals surface area contributed by atoms with Crippen molar-refractivity contribution in [1.82, 2.24) is 10.2 Å². The van der Waals surface area contributed by atoms with Gasteiger partial charge in [0, 0.05) is 18.6 Å². The zero-order valence-corrected chi connectivity index (χ0v) is 10.7. The Labute approximate surface area is 111 Å². The molecule has 0 spiro atoms. The molecule has 0 aromatic heterocycles. The van der Waals surface area contributed by atoms with Crippen LogP contribution >= 0.6 is 0 Å². The molecule has 2 aliphatic heterocycles. The zero-order chi connectivity index (χ0) is 13.4. The number of hydrogen-bond donors (Lipinski definition) is 3. The van der Waals surface area contributed by atoms with Gasteiger partial charge in [-0.1, -0.05) is 6.07 Å². The average molecular weight is 262 g/mol. The van der Waals surface area contributed by atoms with Crippen molar-refractivity contribution in [1.29, 1.82) is 0 Å². The highest BCUT2D eigenvalue weighted by Crippen LogP contribution is 2.30. The minimum Gasteiger partial charge on any atom is -0.504 e. The van der Waals surface area contributed by atoms with Crippen molar-refractivity contribution < 1.29 is 15.0 Å². The summed E-state index contributed by atoms with van der Waals surface area (Å²) in [6.45, 7) is 2.15. The number of rotatable bonds is 2. The number of fused-ring (bicyclic) bond motifs is 1. The SMILES string of the molecule is O=C(NC1CCN2CCCC12)c1cccc(O)c1O. The molecule has 3 N–H and O–H groups in total. The molecular weight excluding hydrogens is 244 g/mol. The Morgan fingerprint density at radius 2 is 2.11 bits per heavy atom. The zero-order valence-electron chi connectivity index (χ0n) is 10.7. The normalized spacial score (nSPS) is 26.3. The molecule has 1 aromatic rings. The molecule has 1 amide bonds. The van der Waals surface area contributed by atoms with Crippen molar-refractivity contribution in [2.24, 2.45) is 0 Å². The first-order valence-electron chi connectivity index (χ1n) is 6.72. The second-order valence-electron chi connectivity index (χ2n) is 5.29. The van der Waals surface area contributed by atoms with E-state index in [0.29, 0.717) is 6.04 Å². The molecule has 0 bridgehead atoms. The molecule has 0 radical (unpaired) electrons. The highest BCUT2D eigenvalue weighted by molar-refractivity contribution is 5.97. The molecule has 2 aliphatic rings. The van der Waals surface area contributed by atoms with Gasteiger partial charge in [0.05, 0.1) is 5.56 Å². The number of phenolic OH excluding ortho intramolecular Hbond substituents is 2. The van der Waals surface area contributed by atoms with E-state index in [9.17, 15) is 15.0 Å². The Bertz CT molecular complexity index is 503. The molecule has 2 unspecified atom stereocenters. The molecule has 0 aliphatic carbocycles. The van der Waals surface area contributed by atoms with Crippen molar-refractivity contribution in [3.63, 3.8) is 0 Å². The summed E-state index contributed by atoms with van der Waals surface area (Å²) >= 11 is 0. The van der Waals surface area contributed by atoms with Gasteiger partial charge in [-0.25, -0.2) is 0 Å². The third kappa shape index (κ3) is 2.14. The van der Waals surface area contributed by atoms with Crippen LogP contribution in [0.3, 0.4) is 0 Å². The van der Waals surface area contributed by atoms with Crippen LogP contribution in [0.25, 0.3) is 0 Å². The summed E-state index contributed by atoms with van der Waals surface area (Å²) < 4.78 is 0. The van der Waals surface area contributed by atoms with E-state index >= 15 is 0 Å². The van der Waals surface area contributed by atoms with Crippen LogP contribution in [0, 0.1) is 0 Å². The minimum absolute atomic E-state index is 0.136. The van der Waals surface area contributed by atoms with E-state index in [0.717, 1.165) is 25.9 Å². The highest BCUT2D eigenvalue weighted by atomic mass is 16.3. The molecule has 2 fully saturated rings. The number of phenols is 2. The lowest BCUT2D eigenvalue weighted by molar-refractivity contribution is 0.0926. The Morgan fingerprint density at radius 1 is 1.26 bits per heavy atom. The maximum atomic E-state index is 12.2. The van der Waals surface area contributed by atoms with Crippen LogP contribution in [0.4, 0.5) is 0 Å². The lowest BCUT2D eigenvalue weighted by Gasteiger charge is -2.21. The molecule has 5 heteroatoms. The van der Waals surface area contributed by atoms with Gasteiger partial charge in [0.15, 0.2) is 11.5 Å². The number of nitrogens with one attached hydrogen (secondary N) is 1. The van der Waals surface area contributed by atoms with Crippen LogP contribution in [0.1, 0.15) is 29.6 Å². The molecule has 2 heterocycles. The van der Waals surface area contributed by atoms with E-state index in [2.05, 4.69) is 10.2 Å². The van der Waals surface area contributed by atoms with Gasteiger partial charge in [0.2, 0.25) is 0 Å².